The van der Waals surface area contributed by atoms with Crippen LogP contribution in [0.3, 0.4) is 0 Å². The first kappa shape index (κ1) is 21.8. The lowest BCUT2D eigenvalue weighted by Crippen LogP contribution is -2.13. The number of methoxy groups -OCH3 is 2. The normalized spacial score (nSPS) is 10.3. The number of rotatable bonds is 13. The zero-order valence-electron chi connectivity index (χ0n) is 16.0. The number of carbonyl (C=O) groups excluding carboxylic acids is 2. The van der Waals surface area contributed by atoms with E-state index in [-0.39, 0.29) is 24.6 Å². The van der Waals surface area contributed by atoms with Crippen molar-refractivity contribution in [3.8, 4) is 17.2 Å². The fourth-order valence-electron chi connectivity index (χ4n) is 2.43. The molecule has 0 amide bonds. The first-order chi connectivity index (χ1) is 12.6. The highest BCUT2D eigenvalue weighted by Crippen LogP contribution is 2.37. The second-order valence-corrected chi connectivity index (χ2v) is 5.95. The molecule has 0 N–H and O–H groups in total. The summed E-state index contributed by atoms with van der Waals surface area (Å²) in [7, 11) is 2.96. The lowest BCUT2D eigenvalue weighted by Gasteiger charge is -2.12. The molecule has 1 rings (SSSR count). The summed E-state index contributed by atoms with van der Waals surface area (Å²) < 4.78 is 20.8. The lowest BCUT2D eigenvalue weighted by atomic mass is 10.1. The van der Waals surface area contributed by atoms with Gasteiger partial charge < -0.3 is 18.9 Å². The van der Waals surface area contributed by atoms with Gasteiger partial charge in [-0.1, -0.05) is 45.1 Å². The van der Waals surface area contributed by atoms with Gasteiger partial charge in [-0.2, -0.15) is 0 Å². The number of unbranched alkanes of at least 4 members (excludes halogenated alkanes) is 5. The van der Waals surface area contributed by atoms with Crippen molar-refractivity contribution in [2.24, 2.45) is 0 Å². The maximum Gasteiger partial charge on any atom is 0.312 e. The highest BCUT2D eigenvalue weighted by molar-refractivity contribution is 5.80. The SMILES string of the molecule is CCCCCCCCOC(=O)CCC(=O)Oc1c(OC)cccc1OC. The minimum atomic E-state index is -0.538. The van der Waals surface area contributed by atoms with E-state index in [0.29, 0.717) is 18.1 Å². The molecule has 6 nitrogen and oxygen atoms in total. The van der Waals surface area contributed by atoms with Crippen LogP contribution < -0.4 is 14.2 Å². The van der Waals surface area contributed by atoms with Gasteiger partial charge in [0.1, 0.15) is 0 Å². The van der Waals surface area contributed by atoms with Crippen LogP contribution in [-0.2, 0) is 14.3 Å². The van der Waals surface area contributed by atoms with Crippen molar-refractivity contribution in [1.29, 1.82) is 0 Å². The van der Waals surface area contributed by atoms with Crippen molar-refractivity contribution in [1.82, 2.24) is 0 Å². The molecule has 0 aliphatic heterocycles. The standard InChI is InChI=1S/C20H30O6/c1-4-5-6-7-8-9-15-25-18(21)13-14-19(22)26-20-16(23-2)11-10-12-17(20)24-3/h10-12H,4-9,13-15H2,1-3H3. The van der Waals surface area contributed by atoms with Gasteiger partial charge >= 0.3 is 11.9 Å². The van der Waals surface area contributed by atoms with E-state index in [2.05, 4.69) is 6.92 Å². The molecule has 0 aliphatic rings. The smallest absolute Gasteiger partial charge is 0.312 e. The van der Waals surface area contributed by atoms with Gasteiger partial charge in [0.25, 0.3) is 0 Å². The van der Waals surface area contributed by atoms with E-state index in [9.17, 15) is 9.59 Å². The van der Waals surface area contributed by atoms with Crippen molar-refractivity contribution in [2.75, 3.05) is 20.8 Å². The summed E-state index contributed by atoms with van der Waals surface area (Å²) in [5, 5.41) is 0. The Labute approximate surface area is 155 Å². The molecule has 0 radical (unpaired) electrons. The van der Waals surface area contributed by atoms with E-state index >= 15 is 0 Å². The molecule has 1 aromatic carbocycles. The molecule has 0 saturated heterocycles. The van der Waals surface area contributed by atoms with Crippen LogP contribution in [0.2, 0.25) is 0 Å². The minimum Gasteiger partial charge on any atom is -0.493 e. The van der Waals surface area contributed by atoms with E-state index in [0.717, 1.165) is 12.8 Å². The lowest BCUT2D eigenvalue weighted by molar-refractivity contribution is -0.147. The number of hydrogen-bond donors (Lipinski definition) is 0. The number of para-hydroxylation sites is 1. The summed E-state index contributed by atoms with van der Waals surface area (Å²) >= 11 is 0. The quantitative estimate of drug-likeness (QED) is 0.295. The second-order valence-electron chi connectivity index (χ2n) is 5.95. The fraction of sp³-hybridized carbons (Fsp3) is 0.600. The third kappa shape index (κ3) is 8.23. The number of hydrogen-bond acceptors (Lipinski definition) is 6. The van der Waals surface area contributed by atoms with Gasteiger partial charge in [-0.25, -0.2) is 0 Å². The van der Waals surface area contributed by atoms with Crippen molar-refractivity contribution in [3.63, 3.8) is 0 Å². The summed E-state index contributed by atoms with van der Waals surface area (Å²) in [5.74, 6) is 0.0708. The third-order valence-corrected chi connectivity index (χ3v) is 3.89. The van der Waals surface area contributed by atoms with Gasteiger partial charge in [-0.15, -0.1) is 0 Å². The Balaban J connectivity index is 2.29. The number of ether oxygens (including phenoxy) is 4. The van der Waals surface area contributed by atoms with Crippen LogP contribution in [0.5, 0.6) is 17.2 Å². The monoisotopic (exact) mass is 366 g/mol. The van der Waals surface area contributed by atoms with Crippen LogP contribution >= 0.6 is 0 Å². The molecule has 0 fully saturated rings. The van der Waals surface area contributed by atoms with Gasteiger partial charge in [0, 0.05) is 0 Å². The average molecular weight is 366 g/mol. The van der Waals surface area contributed by atoms with Gasteiger partial charge in [-0.05, 0) is 18.6 Å². The summed E-state index contributed by atoms with van der Waals surface area (Å²) in [6, 6.07) is 5.06. The van der Waals surface area contributed by atoms with E-state index in [1.54, 1.807) is 18.2 Å². The number of esters is 2. The zero-order valence-corrected chi connectivity index (χ0v) is 16.0. The second kappa shape index (κ2) is 13.0. The summed E-state index contributed by atoms with van der Waals surface area (Å²) in [5.41, 5.74) is 0. The molecular formula is C20H30O6. The van der Waals surface area contributed by atoms with Crippen molar-refractivity contribution in [2.45, 2.75) is 58.3 Å². The van der Waals surface area contributed by atoms with Crippen LogP contribution in [0.4, 0.5) is 0 Å². The summed E-state index contributed by atoms with van der Waals surface area (Å²) in [6.45, 7) is 2.58. The predicted octanol–water partition coefficient (Wildman–Crippen LogP) is 4.29. The minimum absolute atomic E-state index is 0.00780. The number of carbonyl (C=O) groups is 2. The highest BCUT2D eigenvalue weighted by atomic mass is 16.6. The van der Waals surface area contributed by atoms with E-state index < -0.39 is 5.97 Å². The van der Waals surface area contributed by atoms with Crippen molar-refractivity contribution < 1.29 is 28.5 Å². The van der Waals surface area contributed by atoms with Crippen LogP contribution in [0.1, 0.15) is 58.3 Å². The number of benzene rings is 1. The molecule has 1 aromatic rings. The Morgan fingerprint density at radius 3 is 2.04 bits per heavy atom. The third-order valence-electron chi connectivity index (χ3n) is 3.89. The topological polar surface area (TPSA) is 71.1 Å². The van der Waals surface area contributed by atoms with Crippen LogP contribution in [0.25, 0.3) is 0 Å². The Morgan fingerprint density at radius 2 is 1.42 bits per heavy atom. The predicted molar refractivity (Wildman–Crippen MR) is 98.8 cm³/mol. The first-order valence-electron chi connectivity index (χ1n) is 9.19. The molecule has 0 aromatic heterocycles. The van der Waals surface area contributed by atoms with E-state index in [1.807, 2.05) is 0 Å². The Bertz CT molecular complexity index is 533. The van der Waals surface area contributed by atoms with Gasteiger partial charge in [0.15, 0.2) is 11.5 Å². The summed E-state index contributed by atoms with van der Waals surface area (Å²) in [4.78, 5) is 23.7. The van der Waals surface area contributed by atoms with Crippen LogP contribution in [-0.4, -0.2) is 32.8 Å². The van der Waals surface area contributed by atoms with Crippen molar-refractivity contribution in [3.05, 3.63) is 18.2 Å². The molecule has 0 atom stereocenters. The van der Waals surface area contributed by atoms with Crippen molar-refractivity contribution >= 4 is 11.9 Å². The van der Waals surface area contributed by atoms with Gasteiger partial charge in [0.2, 0.25) is 5.75 Å². The van der Waals surface area contributed by atoms with Crippen LogP contribution in [0, 0.1) is 0 Å². The largest absolute Gasteiger partial charge is 0.493 e. The average Bonchev–Trinajstić information content (AvgIpc) is 2.65. The van der Waals surface area contributed by atoms with E-state index in [1.165, 1.54) is 39.9 Å². The molecule has 0 bridgehead atoms. The maximum atomic E-state index is 12.0. The Morgan fingerprint density at radius 1 is 0.846 bits per heavy atom. The fourth-order valence-corrected chi connectivity index (χ4v) is 2.43. The maximum absolute atomic E-state index is 12.0. The first-order valence-corrected chi connectivity index (χ1v) is 9.19. The molecule has 0 saturated carbocycles. The molecule has 0 aliphatic carbocycles. The molecule has 0 spiro atoms. The highest BCUT2D eigenvalue weighted by Gasteiger charge is 2.16. The molecule has 0 heterocycles. The molecule has 146 valence electrons. The molecular weight excluding hydrogens is 336 g/mol. The molecule has 26 heavy (non-hydrogen) atoms. The molecule has 0 unspecified atom stereocenters. The van der Waals surface area contributed by atoms with Crippen LogP contribution in [0.15, 0.2) is 18.2 Å². The zero-order chi connectivity index (χ0) is 19.2. The molecule has 6 heteroatoms. The summed E-state index contributed by atoms with van der Waals surface area (Å²) in [6.07, 6.45) is 6.70. The van der Waals surface area contributed by atoms with Gasteiger partial charge in [0.05, 0.1) is 33.7 Å². The Kier molecular flexibility index (Phi) is 10.9. The van der Waals surface area contributed by atoms with E-state index in [4.69, 9.17) is 18.9 Å². The Hall–Kier alpha value is -2.24. The van der Waals surface area contributed by atoms with Gasteiger partial charge in [-0.3, -0.25) is 9.59 Å².